The Morgan fingerprint density at radius 1 is 0.791 bits per heavy atom. The Kier molecular flexibility index (Phi) is 7.37. The number of aliphatic imine (C=N–C) groups is 2. The van der Waals surface area contributed by atoms with Crippen molar-refractivity contribution in [3.05, 3.63) is 34.7 Å². The lowest BCUT2D eigenvalue weighted by molar-refractivity contribution is 0.418. The van der Waals surface area contributed by atoms with Crippen LogP contribution in [0, 0.1) is 54.4 Å². The van der Waals surface area contributed by atoms with Gasteiger partial charge in [0.2, 0.25) is 10.7 Å². The van der Waals surface area contributed by atoms with Crippen molar-refractivity contribution in [1.82, 2.24) is 9.97 Å². The summed E-state index contributed by atoms with van der Waals surface area (Å²) >= 11 is 7.39. The molecule has 6 rings (SSSR count). The summed E-state index contributed by atoms with van der Waals surface area (Å²) in [6, 6.07) is 8.79. The predicted molar refractivity (Wildman–Crippen MR) is 175 cm³/mol. The van der Waals surface area contributed by atoms with Gasteiger partial charge in [0.15, 0.2) is 0 Å². The van der Waals surface area contributed by atoms with Crippen LogP contribution in [0.2, 0.25) is 0 Å². The number of amidine groups is 1. The highest BCUT2D eigenvalue weighted by atomic mass is 32.1. The first kappa shape index (κ1) is 28.4. The van der Waals surface area contributed by atoms with Crippen LogP contribution in [0.15, 0.2) is 22.1 Å². The number of aromatic nitrogens is 2. The molecule has 6 aromatic rings. The van der Waals surface area contributed by atoms with Crippen molar-refractivity contribution in [1.29, 1.82) is 15.8 Å². The van der Waals surface area contributed by atoms with Crippen molar-refractivity contribution in [2.75, 3.05) is 14.2 Å². The summed E-state index contributed by atoms with van der Waals surface area (Å²) in [7, 11) is 3.14. The number of nitrogens with zero attached hydrogens (tertiary/aromatic N) is 8. The fourth-order valence-electron chi connectivity index (χ4n) is 4.43. The molecule has 0 radical (unpaired) electrons. The van der Waals surface area contributed by atoms with Crippen molar-refractivity contribution in [2.24, 2.45) is 9.98 Å². The Labute approximate surface area is 264 Å². The molecule has 0 unspecified atom stereocenters. The summed E-state index contributed by atoms with van der Waals surface area (Å²) in [4.78, 5) is 23.9. The van der Waals surface area contributed by atoms with E-state index in [1.807, 2.05) is 0 Å². The van der Waals surface area contributed by atoms with Crippen LogP contribution >= 0.6 is 56.7 Å². The molecule has 10 nitrogen and oxygen atoms in total. The Balaban J connectivity index is 1.49. The lowest BCUT2D eigenvalue weighted by atomic mass is 10.1. The van der Waals surface area contributed by atoms with Gasteiger partial charge < -0.3 is 14.3 Å². The van der Waals surface area contributed by atoms with Crippen LogP contribution in [-0.2, 0) is 0 Å². The second-order valence-corrected chi connectivity index (χ2v) is 13.8. The minimum Gasteiger partial charge on any atom is -0.495 e. The SMILES string of the molecule is [C-]#[N+]C(C#N)=Nc1cc(OC)c(-c2nc3sc4c(C)c5nc(-c6sc(N=C(C#N)C#N)cc6OC)sc5c(C)c4c3s2)s1. The number of hydrogen-bond acceptors (Lipinski definition) is 14. The van der Waals surface area contributed by atoms with Crippen molar-refractivity contribution in [2.45, 2.75) is 13.8 Å². The van der Waals surface area contributed by atoms with Crippen molar-refractivity contribution in [3.8, 4) is 49.5 Å². The van der Waals surface area contributed by atoms with Gasteiger partial charge >= 0.3 is 5.84 Å². The molecule has 0 bridgehead atoms. The van der Waals surface area contributed by atoms with Gasteiger partial charge in [0.05, 0.1) is 29.1 Å². The van der Waals surface area contributed by atoms with Crippen LogP contribution in [0.5, 0.6) is 11.5 Å². The summed E-state index contributed by atoms with van der Waals surface area (Å²) in [6.07, 6.45) is 0. The third-order valence-corrected chi connectivity index (χ3v) is 12.2. The maximum Gasteiger partial charge on any atom is 0.350 e. The first-order chi connectivity index (χ1) is 20.8. The smallest absolute Gasteiger partial charge is 0.350 e. The average molecular weight is 655 g/mol. The van der Waals surface area contributed by atoms with Gasteiger partial charge in [0.1, 0.15) is 59.3 Å². The lowest BCUT2D eigenvalue weighted by Crippen LogP contribution is -1.84. The van der Waals surface area contributed by atoms with Crippen LogP contribution in [0.4, 0.5) is 10.0 Å². The van der Waals surface area contributed by atoms with Crippen LogP contribution < -0.4 is 9.47 Å². The summed E-state index contributed by atoms with van der Waals surface area (Å²) in [5.74, 6) is 0.930. The number of aryl methyl sites for hydroxylation is 2. The zero-order chi connectivity index (χ0) is 30.4. The van der Waals surface area contributed by atoms with Gasteiger partial charge in [-0.2, -0.15) is 10.5 Å². The number of thiazole rings is 2. The minimum atomic E-state index is -0.237. The van der Waals surface area contributed by atoms with Crippen molar-refractivity contribution >= 4 is 108 Å². The van der Waals surface area contributed by atoms with Crippen molar-refractivity contribution < 1.29 is 9.47 Å². The molecule has 0 amide bonds. The topological polar surface area (TPSA) is 145 Å². The third kappa shape index (κ3) is 4.70. The molecule has 15 heteroatoms. The standard InChI is InChI=1S/C28H14N8O2S5/c1-11-19-21(41-28-25(19)43-27(36-28)24-15(38-5)7-18(40-24)34-16(10-31)32-3)12(2)20-22(11)42-26(35-20)23-14(37-4)6-17(39-23)33-13(8-29)9-30/h6-7H,1-2,4-5H3. The largest absolute Gasteiger partial charge is 0.495 e. The van der Waals surface area contributed by atoms with E-state index in [9.17, 15) is 0 Å². The Morgan fingerprint density at radius 3 is 1.98 bits per heavy atom. The molecule has 0 N–H and O–H groups in total. The number of rotatable bonds is 6. The average Bonchev–Trinajstić information content (AvgIpc) is 3.83. The molecule has 0 saturated heterocycles. The molecule has 0 aliphatic carbocycles. The molecule has 0 fully saturated rings. The van der Waals surface area contributed by atoms with Gasteiger partial charge in [-0.25, -0.2) is 20.2 Å². The molecular formula is C28H14N8O2S5. The number of fused-ring (bicyclic) bond motifs is 4. The van der Waals surface area contributed by atoms with E-state index in [4.69, 9.17) is 41.8 Å². The van der Waals surface area contributed by atoms with Crippen LogP contribution in [0.3, 0.4) is 0 Å². The lowest BCUT2D eigenvalue weighted by Gasteiger charge is -2.03. The number of hydrogen-bond donors (Lipinski definition) is 0. The molecule has 208 valence electrons. The summed E-state index contributed by atoms with van der Waals surface area (Å²) < 4.78 is 14.4. The van der Waals surface area contributed by atoms with E-state index in [0.717, 1.165) is 60.7 Å². The summed E-state index contributed by atoms with van der Waals surface area (Å²) in [5, 5.41) is 31.0. The maximum atomic E-state index is 9.11. The van der Waals surface area contributed by atoms with Crippen LogP contribution in [-0.4, -0.2) is 35.7 Å². The van der Waals surface area contributed by atoms with Gasteiger partial charge in [-0.3, -0.25) is 0 Å². The molecule has 0 aliphatic rings. The molecule has 0 atom stereocenters. The van der Waals surface area contributed by atoms with E-state index < -0.39 is 0 Å². The van der Waals surface area contributed by atoms with Crippen LogP contribution in [0.1, 0.15) is 11.1 Å². The highest BCUT2D eigenvalue weighted by Gasteiger charge is 2.25. The van der Waals surface area contributed by atoms with E-state index in [0.29, 0.717) is 21.5 Å². The predicted octanol–water partition coefficient (Wildman–Crippen LogP) is 8.80. The van der Waals surface area contributed by atoms with E-state index in [1.165, 1.54) is 22.7 Å². The quantitative estimate of drug-likeness (QED) is 0.0991. The first-order valence-electron chi connectivity index (χ1n) is 12.1. The molecule has 0 saturated carbocycles. The second-order valence-electron chi connectivity index (χ2n) is 8.71. The molecule has 0 spiro atoms. The zero-order valence-electron chi connectivity index (χ0n) is 22.6. The maximum absolute atomic E-state index is 9.11. The summed E-state index contributed by atoms with van der Waals surface area (Å²) in [6.45, 7) is 11.3. The Hall–Kier alpha value is -4.74. The fourth-order valence-corrected chi connectivity index (χ4v) is 10.3. The Bertz CT molecular complexity index is 2320. The third-order valence-electron chi connectivity index (χ3n) is 6.34. The second kappa shape index (κ2) is 11.2. The molecule has 5 aromatic heterocycles. The zero-order valence-corrected chi connectivity index (χ0v) is 26.7. The van der Waals surface area contributed by atoms with Gasteiger partial charge in [-0.1, -0.05) is 22.9 Å². The van der Waals surface area contributed by atoms with E-state index in [2.05, 4.69) is 28.7 Å². The van der Waals surface area contributed by atoms with E-state index in [-0.39, 0.29) is 11.5 Å². The fraction of sp³-hybridized carbons (Fsp3) is 0.143. The first-order valence-corrected chi connectivity index (χ1v) is 16.2. The molecular weight excluding hydrogens is 641 g/mol. The highest BCUT2D eigenvalue weighted by Crippen LogP contribution is 2.52. The number of nitriles is 3. The normalized spacial score (nSPS) is 11.3. The molecule has 43 heavy (non-hydrogen) atoms. The number of ether oxygens (including phenoxy) is 2. The van der Waals surface area contributed by atoms with Crippen LogP contribution in [0.25, 0.3) is 54.4 Å². The van der Waals surface area contributed by atoms with Gasteiger partial charge in [0, 0.05) is 22.2 Å². The monoisotopic (exact) mass is 654 g/mol. The number of methoxy groups -OCH3 is 2. The molecule has 1 aromatic carbocycles. The van der Waals surface area contributed by atoms with Gasteiger partial charge in [-0.05, 0) is 25.0 Å². The van der Waals surface area contributed by atoms with E-state index in [1.54, 1.807) is 78.6 Å². The molecule has 0 aliphatic heterocycles. The van der Waals surface area contributed by atoms with E-state index >= 15 is 0 Å². The number of benzene rings is 1. The van der Waals surface area contributed by atoms with Gasteiger partial charge in [-0.15, -0.1) is 45.3 Å². The summed E-state index contributed by atoms with van der Waals surface area (Å²) in [5.41, 5.74) is 2.85. The van der Waals surface area contributed by atoms with Gasteiger partial charge in [0.25, 0.3) is 0 Å². The minimum absolute atomic E-state index is 0.223. The molecule has 5 heterocycles. The van der Waals surface area contributed by atoms with Crippen molar-refractivity contribution in [3.63, 3.8) is 0 Å². The highest BCUT2D eigenvalue weighted by molar-refractivity contribution is 7.35. The number of thiophene rings is 3. The Morgan fingerprint density at radius 2 is 1.40 bits per heavy atom.